The van der Waals surface area contributed by atoms with Gasteiger partial charge in [-0.05, 0) is 5.56 Å². The minimum atomic E-state index is -0.497. The lowest BCUT2D eigenvalue weighted by atomic mass is 10.2. The van der Waals surface area contributed by atoms with Gasteiger partial charge in [0.1, 0.15) is 12.2 Å². The molecule has 23 heavy (non-hydrogen) atoms. The van der Waals surface area contributed by atoms with Crippen LogP contribution >= 0.6 is 0 Å². The van der Waals surface area contributed by atoms with Crippen molar-refractivity contribution in [3.63, 3.8) is 0 Å². The van der Waals surface area contributed by atoms with Crippen LogP contribution in [0.25, 0.3) is 11.1 Å². The number of benzene rings is 1. The molecule has 2 aromatic heterocycles. The molecule has 0 unspecified atom stereocenters. The average Bonchev–Trinajstić information content (AvgIpc) is 3.16. The Labute approximate surface area is 132 Å². The summed E-state index contributed by atoms with van der Waals surface area (Å²) in [5.74, 6) is -0.846. The molecule has 3 aromatic rings. The molecule has 1 aromatic carbocycles. The second-order valence-electron chi connectivity index (χ2n) is 5.03. The topological polar surface area (TPSA) is 73.5 Å². The number of hydrogen-bond donors (Lipinski definition) is 1. The van der Waals surface area contributed by atoms with Crippen molar-refractivity contribution in [1.29, 1.82) is 0 Å². The summed E-state index contributed by atoms with van der Waals surface area (Å²) in [5.41, 5.74) is 2.96. The first kappa shape index (κ1) is 14.9. The molecule has 6 heteroatoms. The van der Waals surface area contributed by atoms with Crippen molar-refractivity contribution in [3.8, 4) is 0 Å². The molecule has 1 amide bonds. The molecule has 1 N–H and O–H groups in total. The Morgan fingerprint density at radius 3 is 2.74 bits per heavy atom. The van der Waals surface area contributed by atoms with Crippen molar-refractivity contribution in [2.75, 3.05) is 13.7 Å². The molecule has 6 nitrogen and oxygen atoms in total. The van der Waals surface area contributed by atoms with E-state index in [-0.39, 0.29) is 12.5 Å². The Bertz CT molecular complexity index is 833. The minimum Gasteiger partial charge on any atom is -0.468 e. The maximum Gasteiger partial charge on any atom is 0.325 e. The number of nitrogens with zero attached hydrogens (tertiary/aromatic N) is 1. The van der Waals surface area contributed by atoms with Crippen LogP contribution in [0.2, 0.25) is 0 Å². The Morgan fingerprint density at radius 2 is 2.00 bits per heavy atom. The number of amides is 1. The van der Waals surface area contributed by atoms with Crippen LogP contribution in [0, 0.1) is 0 Å². The smallest absolute Gasteiger partial charge is 0.325 e. The molecule has 0 aliphatic heterocycles. The van der Waals surface area contributed by atoms with E-state index in [2.05, 4.69) is 10.1 Å². The monoisotopic (exact) mass is 312 g/mol. The van der Waals surface area contributed by atoms with Gasteiger partial charge in [-0.2, -0.15) is 0 Å². The second-order valence-corrected chi connectivity index (χ2v) is 5.03. The van der Waals surface area contributed by atoms with E-state index in [0.717, 1.165) is 11.1 Å². The SMILES string of the molecule is COC(=O)CNC(=O)c1cc2occc2n1Cc1ccccc1. The molecule has 118 valence electrons. The van der Waals surface area contributed by atoms with Crippen LogP contribution in [0.1, 0.15) is 16.1 Å². The van der Waals surface area contributed by atoms with E-state index in [4.69, 9.17) is 4.42 Å². The van der Waals surface area contributed by atoms with Crippen molar-refractivity contribution in [1.82, 2.24) is 9.88 Å². The zero-order chi connectivity index (χ0) is 16.2. The van der Waals surface area contributed by atoms with Crippen LogP contribution in [0.3, 0.4) is 0 Å². The molecule has 0 fully saturated rings. The van der Waals surface area contributed by atoms with Gasteiger partial charge in [-0.25, -0.2) is 0 Å². The number of esters is 1. The quantitative estimate of drug-likeness (QED) is 0.733. The highest BCUT2D eigenvalue weighted by molar-refractivity contribution is 5.98. The minimum absolute atomic E-state index is 0.173. The number of ether oxygens (including phenoxy) is 1. The highest BCUT2D eigenvalue weighted by atomic mass is 16.5. The molecule has 2 heterocycles. The lowest BCUT2D eigenvalue weighted by molar-refractivity contribution is -0.139. The first-order valence-corrected chi connectivity index (χ1v) is 7.14. The third kappa shape index (κ3) is 3.11. The van der Waals surface area contributed by atoms with Crippen LogP contribution in [-0.2, 0) is 16.1 Å². The number of nitrogens with one attached hydrogen (secondary N) is 1. The number of furan rings is 1. The van der Waals surface area contributed by atoms with E-state index in [0.29, 0.717) is 17.8 Å². The maximum absolute atomic E-state index is 12.4. The van der Waals surface area contributed by atoms with Crippen LogP contribution in [0.5, 0.6) is 0 Å². The van der Waals surface area contributed by atoms with Gasteiger partial charge < -0.3 is 19.0 Å². The highest BCUT2D eigenvalue weighted by Gasteiger charge is 2.18. The molecule has 0 saturated heterocycles. The largest absolute Gasteiger partial charge is 0.468 e. The van der Waals surface area contributed by atoms with E-state index < -0.39 is 5.97 Å². The number of carbonyl (C=O) groups is 2. The van der Waals surface area contributed by atoms with Gasteiger partial charge in [0.15, 0.2) is 5.58 Å². The third-order valence-electron chi connectivity index (χ3n) is 3.56. The summed E-state index contributed by atoms with van der Waals surface area (Å²) in [7, 11) is 1.28. The summed E-state index contributed by atoms with van der Waals surface area (Å²) >= 11 is 0. The normalized spacial score (nSPS) is 10.7. The van der Waals surface area contributed by atoms with Crippen LogP contribution in [0.4, 0.5) is 0 Å². The van der Waals surface area contributed by atoms with Gasteiger partial charge in [0.05, 0.1) is 18.9 Å². The second kappa shape index (κ2) is 6.39. The fraction of sp³-hybridized carbons (Fsp3) is 0.176. The van der Waals surface area contributed by atoms with Crippen LogP contribution < -0.4 is 5.32 Å². The number of fused-ring (bicyclic) bond motifs is 1. The van der Waals surface area contributed by atoms with Crippen molar-refractivity contribution in [2.45, 2.75) is 6.54 Å². The highest BCUT2D eigenvalue weighted by Crippen LogP contribution is 2.22. The number of hydrogen-bond acceptors (Lipinski definition) is 4. The Hall–Kier alpha value is -3.02. The summed E-state index contributed by atoms with van der Waals surface area (Å²) in [6.45, 7) is 0.359. The molecule has 0 atom stereocenters. The van der Waals surface area contributed by atoms with Gasteiger partial charge in [-0.3, -0.25) is 9.59 Å². The first-order valence-electron chi connectivity index (χ1n) is 7.14. The summed E-state index contributed by atoms with van der Waals surface area (Å²) in [6.07, 6.45) is 1.59. The predicted octanol–water partition coefficient (Wildman–Crippen LogP) is 2.19. The fourth-order valence-electron chi connectivity index (χ4n) is 2.42. The zero-order valence-corrected chi connectivity index (χ0v) is 12.6. The number of rotatable bonds is 5. The lowest BCUT2D eigenvalue weighted by Gasteiger charge is -2.10. The van der Waals surface area contributed by atoms with E-state index in [1.165, 1.54) is 7.11 Å². The van der Waals surface area contributed by atoms with Crippen molar-refractivity contribution >= 4 is 23.0 Å². The van der Waals surface area contributed by atoms with Gasteiger partial charge in [0.2, 0.25) is 0 Å². The van der Waals surface area contributed by atoms with E-state index in [1.54, 1.807) is 12.3 Å². The van der Waals surface area contributed by atoms with Gasteiger partial charge in [0, 0.05) is 18.7 Å². The number of aromatic nitrogens is 1. The average molecular weight is 312 g/mol. The summed E-state index contributed by atoms with van der Waals surface area (Å²) in [5, 5.41) is 2.55. The molecule has 0 aliphatic carbocycles. The van der Waals surface area contributed by atoms with Gasteiger partial charge in [-0.15, -0.1) is 0 Å². The fourth-order valence-corrected chi connectivity index (χ4v) is 2.42. The summed E-state index contributed by atoms with van der Waals surface area (Å²) in [4.78, 5) is 23.5. The van der Waals surface area contributed by atoms with Crippen LogP contribution in [-0.4, -0.2) is 30.1 Å². The Morgan fingerprint density at radius 1 is 1.22 bits per heavy atom. The molecular weight excluding hydrogens is 296 g/mol. The maximum atomic E-state index is 12.4. The van der Waals surface area contributed by atoms with Crippen molar-refractivity contribution in [3.05, 3.63) is 60.0 Å². The molecule has 0 spiro atoms. The van der Waals surface area contributed by atoms with Crippen molar-refractivity contribution < 1.29 is 18.7 Å². The van der Waals surface area contributed by atoms with Crippen molar-refractivity contribution in [2.24, 2.45) is 0 Å². The number of methoxy groups -OCH3 is 1. The van der Waals surface area contributed by atoms with Crippen LogP contribution in [0.15, 0.2) is 53.1 Å². The first-order chi connectivity index (χ1) is 11.2. The number of carbonyl (C=O) groups excluding carboxylic acids is 2. The molecule has 0 aliphatic rings. The van der Waals surface area contributed by atoms with Gasteiger partial charge >= 0.3 is 5.97 Å². The summed E-state index contributed by atoms with van der Waals surface area (Å²) in [6, 6.07) is 13.3. The van der Waals surface area contributed by atoms with E-state index in [9.17, 15) is 9.59 Å². The Kier molecular flexibility index (Phi) is 4.14. The molecule has 3 rings (SSSR count). The summed E-state index contributed by atoms with van der Waals surface area (Å²) < 4.78 is 11.8. The van der Waals surface area contributed by atoms with E-state index >= 15 is 0 Å². The molecular formula is C17H16N2O4. The standard InChI is InChI=1S/C17H16N2O4/c1-22-16(20)10-18-17(21)14-9-15-13(7-8-23-15)19(14)11-12-5-3-2-4-6-12/h2-9H,10-11H2,1H3,(H,18,21). The third-order valence-corrected chi connectivity index (χ3v) is 3.56. The van der Waals surface area contributed by atoms with E-state index in [1.807, 2.05) is 41.0 Å². The van der Waals surface area contributed by atoms with Gasteiger partial charge in [-0.1, -0.05) is 30.3 Å². The molecule has 0 radical (unpaired) electrons. The van der Waals surface area contributed by atoms with Gasteiger partial charge in [0.25, 0.3) is 5.91 Å². The lowest BCUT2D eigenvalue weighted by Crippen LogP contribution is -2.31. The predicted molar refractivity (Wildman–Crippen MR) is 84.1 cm³/mol. The molecule has 0 saturated carbocycles. The Balaban J connectivity index is 1.90. The zero-order valence-electron chi connectivity index (χ0n) is 12.6. The molecule has 0 bridgehead atoms.